The Morgan fingerprint density at radius 3 is 2.67 bits per heavy atom. The van der Waals surface area contributed by atoms with Gasteiger partial charge < -0.3 is 9.42 Å². The van der Waals surface area contributed by atoms with Crippen LogP contribution in [0.3, 0.4) is 0 Å². The van der Waals surface area contributed by atoms with E-state index in [0.717, 1.165) is 32.7 Å². The highest BCUT2D eigenvalue weighted by Crippen LogP contribution is 2.18. The van der Waals surface area contributed by atoms with Gasteiger partial charge in [-0.25, -0.2) is 4.39 Å². The summed E-state index contributed by atoms with van der Waals surface area (Å²) in [5, 5.41) is 3.99. The van der Waals surface area contributed by atoms with Gasteiger partial charge in [0.2, 0.25) is 0 Å². The van der Waals surface area contributed by atoms with Crippen molar-refractivity contribution in [3.63, 3.8) is 0 Å². The second kappa shape index (κ2) is 6.32. The van der Waals surface area contributed by atoms with E-state index < -0.39 is 0 Å². The van der Waals surface area contributed by atoms with Crippen LogP contribution in [0.15, 0.2) is 28.8 Å². The first-order valence-electron chi connectivity index (χ1n) is 7.28. The van der Waals surface area contributed by atoms with Gasteiger partial charge in [-0.3, -0.25) is 4.90 Å². The van der Waals surface area contributed by atoms with Gasteiger partial charge >= 0.3 is 0 Å². The van der Waals surface area contributed by atoms with Crippen LogP contribution in [0.5, 0.6) is 0 Å². The molecule has 0 amide bonds. The molecule has 21 heavy (non-hydrogen) atoms. The predicted octanol–water partition coefficient (Wildman–Crippen LogP) is 2.01. The molecule has 1 aliphatic heterocycles. The highest BCUT2D eigenvalue weighted by molar-refractivity contribution is 5.52. The van der Waals surface area contributed by atoms with Crippen molar-refractivity contribution in [1.82, 2.24) is 19.9 Å². The summed E-state index contributed by atoms with van der Waals surface area (Å²) in [5.41, 5.74) is 0.615. The Labute approximate surface area is 123 Å². The van der Waals surface area contributed by atoms with E-state index in [2.05, 4.69) is 26.9 Å². The number of hydrogen-bond acceptors (Lipinski definition) is 5. The second-order valence-corrected chi connectivity index (χ2v) is 5.24. The zero-order valence-corrected chi connectivity index (χ0v) is 12.1. The molecule has 1 saturated heterocycles. The number of halogens is 1. The third kappa shape index (κ3) is 3.46. The molecule has 0 aliphatic carbocycles. The van der Waals surface area contributed by atoms with Crippen LogP contribution < -0.4 is 0 Å². The summed E-state index contributed by atoms with van der Waals surface area (Å²) in [6.45, 7) is 8.13. The van der Waals surface area contributed by atoms with E-state index in [9.17, 15) is 4.39 Å². The molecule has 2 aromatic rings. The minimum absolute atomic E-state index is 0.303. The number of hydrogen-bond donors (Lipinski definition) is 0. The SMILES string of the molecule is CCN1CCN(Cc2noc(-c3cccc(F)c3)n2)CC1. The Balaban J connectivity index is 1.63. The molecule has 1 aromatic heterocycles. The molecular formula is C15H19FN4O. The van der Waals surface area contributed by atoms with Crippen molar-refractivity contribution in [3.05, 3.63) is 35.9 Å². The third-order valence-corrected chi connectivity index (χ3v) is 3.82. The fourth-order valence-electron chi connectivity index (χ4n) is 2.52. The molecule has 5 nitrogen and oxygen atoms in total. The average molecular weight is 290 g/mol. The topological polar surface area (TPSA) is 45.4 Å². The van der Waals surface area contributed by atoms with Gasteiger partial charge in [-0.2, -0.15) is 4.98 Å². The molecule has 6 heteroatoms. The predicted molar refractivity (Wildman–Crippen MR) is 77.1 cm³/mol. The highest BCUT2D eigenvalue weighted by atomic mass is 19.1. The lowest BCUT2D eigenvalue weighted by Crippen LogP contribution is -2.45. The van der Waals surface area contributed by atoms with Crippen molar-refractivity contribution in [1.29, 1.82) is 0 Å². The lowest BCUT2D eigenvalue weighted by molar-refractivity contribution is 0.128. The molecule has 2 heterocycles. The van der Waals surface area contributed by atoms with Crippen LogP contribution in [0.2, 0.25) is 0 Å². The van der Waals surface area contributed by atoms with Crippen LogP contribution in [-0.2, 0) is 6.54 Å². The zero-order valence-electron chi connectivity index (χ0n) is 12.1. The Bertz CT molecular complexity index is 593. The maximum atomic E-state index is 13.2. The Morgan fingerprint density at radius 2 is 1.95 bits per heavy atom. The van der Waals surface area contributed by atoms with Gasteiger partial charge in [0.15, 0.2) is 5.82 Å². The summed E-state index contributed by atoms with van der Waals surface area (Å²) in [5.74, 6) is 0.721. The maximum Gasteiger partial charge on any atom is 0.258 e. The molecule has 1 aliphatic rings. The number of aromatic nitrogens is 2. The van der Waals surface area contributed by atoms with Crippen molar-refractivity contribution in [3.8, 4) is 11.5 Å². The quantitative estimate of drug-likeness (QED) is 0.862. The van der Waals surface area contributed by atoms with Crippen LogP contribution in [0.25, 0.3) is 11.5 Å². The first-order valence-corrected chi connectivity index (χ1v) is 7.28. The molecule has 0 spiro atoms. The van der Waals surface area contributed by atoms with Gasteiger partial charge in [0, 0.05) is 31.7 Å². The highest BCUT2D eigenvalue weighted by Gasteiger charge is 2.18. The van der Waals surface area contributed by atoms with Crippen LogP contribution in [0.1, 0.15) is 12.7 Å². The Hall–Kier alpha value is -1.79. The van der Waals surface area contributed by atoms with Crippen molar-refractivity contribution >= 4 is 0 Å². The van der Waals surface area contributed by atoms with Gasteiger partial charge in [-0.1, -0.05) is 18.1 Å². The largest absolute Gasteiger partial charge is 0.334 e. The van der Waals surface area contributed by atoms with Gasteiger partial charge in [-0.05, 0) is 24.7 Å². The Kier molecular flexibility index (Phi) is 4.26. The summed E-state index contributed by atoms with van der Waals surface area (Å²) < 4.78 is 18.4. The van der Waals surface area contributed by atoms with Crippen LogP contribution in [0.4, 0.5) is 4.39 Å². The van der Waals surface area contributed by atoms with Crippen LogP contribution in [-0.4, -0.2) is 52.7 Å². The van der Waals surface area contributed by atoms with Crippen molar-refractivity contribution in [2.45, 2.75) is 13.5 Å². The Morgan fingerprint density at radius 1 is 1.19 bits per heavy atom. The molecule has 3 rings (SSSR count). The fourth-order valence-corrected chi connectivity index (χ4v) is 2.52. The minimum Gasteiger partial charge on any atom is -0.334 e. The van der Waals surface area contributed by atoms with E-state index >= 15 is 0 Å². The lowest BCUT2D eigenvalue weighted by atomic mass is 10.2. The lowest BCUT2D eigenvalue weighted by Gasteiger charge is -2.33. The molecule has 0 radical (unpaired) electrons. The minimum atomic E-state index is -0.303. The number of nitrogens with zero attached hydrogens (tertiary/aromatic N) is 4. The summed E-state index contributed by atoms with van der Waals surface area (Å²) in [6.07, 6.45) is 0. The van der Waals surface area contributed by atoms with Gasteiger partial charge in [0.25, 0.3) is 5.89 Å². The third-order valence-electron chi connectivity index (χ3n) is 3.82. The summed E-state index contributed by atoms with van der Waals surface area (Å²) >= 11 is 0. The number of rotatable bonds is 4. The van der Waals surface area contributed by atoms with E-state index in [1.54, 1.807) is 12.1 Å². The standard InChI is InChI=1S/C15H19FN4O/c1-2-19-6-8-20(9-7-19)11-14-17-15(21-18-14)12-4-3-5-13(16)10-12/h3-5,10H,2,6-9,11H2,1H3. The van der Waals surface area contributed by atoms with Crippen LogP contribution >= 0.6 is 0 Å². The molecule has 112 valence electrons. The zero-order chi connectivity index (χ0) is 14.7. The van der Waals surface area contributed by atoms with E-state index in [-0.39, 0.29) is 5.82 Å². The second-order valence-electron chi connectivity index (χ2n) is 5.24. The van der Waals surface area contributed by atoms with E-state index in [1.807, 2.05) is 0 Å². The molecule has 0 saturated carbocycles. The number of piperazine rings is 1. The summed E-state index contributed by atoms with van der Waals surface area (Å²) in [4.78, 5) is 9.09. The van der Waals surface area contributed by atoms with Gasteiger partial charge in [0.05, 0.1) is 6.54 Å². The first-order chi connectivity index (χ1) is 10.2. The van der Waals surface area contributed by atoms with E-state index in [4.69, 9.17) is 4.52 Å². The van der Waals surface area contributed by atoms with E-state index in [1.165, 1.54) is 12.1 Å². The van der Waals surface area contributed by atoms with Gasteiger partial charge in [-0.15, -0.1) is 0 Å². The molecule has 1 fully saturated rings. The molecule has 0 unspecified atom stereocenters. The normalized spacial score (nSPS) is 17.2. The summed E-state index contributed by atoms with van der Waals surface area (Å²) in [7, 11) is 0. The molecule has 0 atom stereocenters. The smallest absolute Gasteiger partial charge is 0.258 e. The monoisotopic (exact) mass is 290 g/mol. The molecule has 0 bridgehead atoms. The van der Waals surface area contributed by atoms with Crippen molar-refractivity contribution in [2.75, 3.05) is 32.7 Å². The number of likely N-dealkylation sites (N-methyl/N-ethyl adjacent to an activating group) is 1. The molecule has 0 N–H and O–H groups in total. The van der Waals surface area contributed by atoms with E-state index in [0.29, 0.717) is 23.8 Å². The number of benzene rings is 1. The average Bonchev–Trinajstić information content (AvgIpc) is 2.97. The van der Waals surface area contributed by atoms with Crippen molar-refractivity contribution < 1.29 is 8.91 Å². The fraction of sp³-hybridized carbons (Fsp3) is 0.467. The van der Waals surface area contributed by atoms with Crippen molar-refractivity contribution in [2.24, 2.45) is 0 Å². The molecule has 1 aromatic carbocycles. The molecular weight excluding hydrogens is 271 g/mol. The van der Waals surface area contributed by atoms with Gasteiger partial charge in [0.1, 0.15) is 5.82 Å². The first kappa shape index (κ1) is 14.2. The van der Waals surface area contributed by atoms with Crippen LogP contribution in [0, 0.1) is 5.82 Å². The maximum absolute atomic E-state index is 13.2. The summed E-state index contributed by atoms with van der Waals surface area (Å²) in [6, 6.07) is 6.20.